The topological polar surface area (TPSA) is 41.1 Å². The van der Waals surface area contributed by atoms with E-state index in [-0.39, 0.29) is 22.7 Å². The third-order valence-corrected chi connectivity index (χ3v) is 4.46. The molecule has 1 unspecified atom stereocenters. The first kappa shape index (κ1) is 13.5. The first-order valence-corrected chi connectivity index (χ1v) is 6.17. The Balaban J connectivity index is 2.39. The third kappa shape index (κ3) is 2.24. The summed E-state index contributed by atoms with van der Waals surface area (Å²) in [7, 11) is 1.94. The van der Waals surface area contributed by atoms with E-state index < -0.39 is 0 Å². The maximum absolute atomic E-state index is 12.0. The van der Waals surface area contributed by atoms with Crippen molar-refractivity contribution in [1.82, 2.24) is 10.6 Å². The Kier molecular flexibility index (Phi) is 3.68. The van der Waals surface area contributed by atoms with Gasteiger partial charge in [-0.05, 0) is 30.3 Å². The molecule has 1 fully saturated rings. The van der Waals surface area contributed by atoms with E-state index in [1.807, 2.05) is 7.05 Å². The van der Waals surface area contributed by atoms with Crippen LogP contribution >= 0.6 is 0 Å². The fourth-order valence-corrected chi connectivity index (χ4v) is 2.65. The number of carbonyl (C=O) groups excluding carboxylic acids is 1. The molecule has 0 saturated heterocycles. The van der Waals surface area contributed by atoms with Gasteiger partial charge in [-0.1, -0.05) is 34.6 Å². The molecule has 0 aromatic heterocycles. The van der Waals surface area contributed by atoms with Crippen molar-refractivity contribution in [3.05, 3.63) is 0 Å². The smallest absolute Gasteiger partial charge is 0.224 e. The lowest BCUT2D eigenvalue weighted by atomic mass is 10.0. The highest BCUT2D eigenvalue weighted by molar-refractivity contribution is 5.84. The fraction of sp³-hybridized carbons (Fsp3) is 0.923. The minimum absolute atomic E-state index is 0.142. The van der Waals surface area contributed by atoms with Crippen molar-refractivity contribution in [2.24, 2.45) is 22.7 Å². The third-order valence-electron chi connectivity index (χ3n) is 4.46. The van der Waals surface area contributed by atoms with Gasteiger partial charge >= 0.3 is 0 Å². The molecule has 3 nitrogen and oxygen atoms in total. The van der Waals surface area contributed by atoms with Crippen molar-refractivity contribution in [3.63, 3.8) is 0 Å². The maximum atomic E-state index is 12.0. The zero-order chi connectivity index (χ0) is 12.6. The number of nitrogens with one attached hydrogen (secondary N) is 2. The monoisotopic (exact) mass is 226 g/mol. The standard InChI is InChI=1S/C13H26N2O/c1-9(7-14-6)8-15-11(16)10-12(2,3)13(10,4)5/h9-10,14H,7-8H2,1-6H3,(H,15,16). The Morgan fingerprint density at radius 3 is 2.06 bits per heavy atom. The van der Waals surface area contributed by atoms with Crippen LogP contribution in [0.1, 0.15) is 34.6 Å². The van der Waals surface area contributed by atoms with Gasteiger partial charge in [0, 0.05) is 12.5 Å². The molecule has 1 aliphatic carbocycles. The number of carbonyl (C=O) groups is 1. The molecule has 0 aromatic carbocycles. The SMILES string of the molecule is CNCC(C)CNC(=O)C1C(C)(C)C1(C)C. The lowest BCUT2D eigenvalue weighted by Crippen LogP contribution is -2.34. The molecule has 1 saturated carbocycles. The highest BCUT2D eigenvalue weighted by atomic mass is 16.2. The van der Waals surface area contributed by atoms with Crippen LogP contribution < -0.4 is 10.6 Å². The van der Waals surface area contributed by atoms with E-state index in [9.17, 15) is 4.79 Å². The molecule has 0 aliphatic heterocycles. The van der Waals surface area contributed by atoms with Gasteiger partial charge in [0.1, 0.15) is 0 Å². The minimum Gasteiger partial charge on any atom is -0.356 e. The zero-order valence-corrected chi connectivity index (χ0v) is 11.5. The van der Waals surface area contributed by atoms with Crippen molar-refractivity contribution in [3.8, 4) is 0 Å². The second-order valence-electron chi connectivity index (χ2n) is 6.28. The van der Waals surface area contributed by atoms with Gasteiger partial charge in [-0.3, -0.25) is 4.79 Å². The largest absolute Gasteiger partial charge is 0.356 e. The molecule has 2 N–H and O–H groups in total. The first-order valence-electron chi connectivity index (χ1n) is 6.17. The average molecular weight is 226 g/mol. The molecule has 1 rings (SSSR count). The predicted molar refractivity (Wildman–Crippen MR) is 67.2 cm³/mol. The second-order valence-corrected chi connectivity index (χ2v) is 6.28. The molecule has 3 heteroatoms. The van der Waals surface area contributed by atoms with Gasteiger partial charge < -0.3 is 10.6 Å². The molecular weight excluding hydrogens is 200 g/mol. The van der Waals surface area contributed by atoms with Crippen LogP contribution in [0, 0.1) is 22.7 Å². The Hall–Kier alpha value is -0.570. The number of hydrogen-bond donors (Lipinski definition) is 2. The lowest BCUT2D eigenvalue weighted by molar-refractivity contribution is -0.123. The summed E-state index contributed by atoms with van der Waals surface area (Å²) in [5.41, 5.74) is 0.284. The normalized spacial score (nSPS) is 23.9. The van der Waals surface area contributed by atoms with Gasteiger partial charge in [0.15, 0.2) is 0 Å². The molecule has 1 amide bonds. The van der Waals surface area contributed by atoms with Crippen molar-refractivity contribution in [2.75, 3.05) is 20.1 Å². The van der Waals surface area contributed by atoms with E-state index in [1.54, 1.807) is 0 Å². The summed E-state index contributed by atoms with van der Waals surface area (Å²) < 4.78 is 0. The number of hydrogen-bond acceptors (Lipinski definition) is 2. The van der Waals surface area contributed by atoms with Crippen LogP contribution in [-0.4, -0.2) is 26.0 Å². The quantitative estimate of drug-likeness (QED) is 0.748. The maximum Gasteiger partial charge on any atom is 0.224 e. The molecule has 94 valence electrons. The number of amides is 1. The average Bonchev–Trinajstić information content (AvgIpc) is 2.54. The molecule has 1 aliphatic rings. The van der Waals surface area contributed by atoms with Crippen LogP contribution in [-0.2, 0) is 4.79 Å². The minimum atomic E-state index is 0.142. The summed E-state index contributed by atoms with van der Waals surface area (Å²) in [6.45, 7) is 12.5. The Labute approximate surface area is 99.4 Å². The fourth-order valence-electron chi connectivity index (χ4n) is 2.65. The van der Waals surface area contributed by atoms with Gasteiger partial charge in [0.2, 0.25) is 5.91 Å². The molecule has 0 bridgehead atoms. The molecule has 1 atom stereocenters. The van der Waals surface area contributed by atoms with Crippen molar-refractivity contribution < 1.29 is 4.79 Å². The summed E-state index contributed by atoms with van der Waals surface area (Å²) in [6, 6.07) is 0. The van der Waals surface area contributed by atoms with Crippen LogP contribution in [0.3, 0.4) is 0 Å². The van der Waals surface area contributed by atoms with Crippen molar-refractivity contribution >= 4 is 5.91 Å². The number of rotatable bonds is 5. The van der Waals surface area contributed by atoms with E-state index >= 15 is 0 Å². The molecule has 0 spiro atoms. The molecule has 16 heavy (non-hydrogen) atoms. The Morgan fingerprint density at radius 2 is 1.69 bits per heavy atom. The van der Waals surface area contributed by atoms with Crippen LogP contribution in [0.25, 0.3) is 0 Å². The summed E-state index contributed by atoms with van der Waals surface area (Å²) >= 11 is 0. The zero-order valence-electron chi connectivity index (χ0n) is 11.5. The van der Waals surface area contributed by atoms with E-state index in [0.29, 0.717) is 5.92 Å². The molecule has 0 aromatic rings. The summed E-state index contributed by atoms with van der Waals surface area (Å²) in [6.07, 6.45) is 0. The molecular formula is C13H26N2O. The molecule has 0 radical (unpaired) electrons. The highest BCUT2D eigenvalue weighted by Gasteiger charge is 2.68. The van der Waals surface area contributed by atoms with E-state index in [1.165, 1.54) is 0 Å². The summed E-state index contributed by atoms with van der Waals surface area (Å²) in [5.74, 6) is 0.874. The predicted octanol–water partition coefficient (Wildman–Crippen LogP) is 1.64. The van der Waals surface area contributed by atoms with Gasteiger partial charge in [0.25, 0.3) is 0 Å². The van der Waals surface area contributed by atoms with Gasteiger partial charge in [0.05, 0.1) is 0 Å². The Bertz CT molecular complexity index is 257. The van der Waals surface area contributed by atoms with E-state index in [2.05, 4.69) is 45.3 Å². The van der Waals surface area contributed by atoms with Crippen molar-refractivity contribution in [1.29, 1.82) is 0 Å². The van der Waals surface area contributed by atoms with Gasteiger partial charge in [-0.15, -0.1) is 0 Å². The van der Waals surface area contributed by atoms with Crippen LogP contribution in [0.4, 0.5) is 0 Å². The van der Waals surface area contributed by atoms with Crippen LogP contribution in [0.5, 0.6) is 0 Å². The van der Waals surface area contributed by atoms with Crippen LogP contribution in [0.2, 0.25) is 0 Å². The summed E-state index contributed by atoms with van der Waals surface area (Å²) in [4.78, 5) is 12.0. The van der Waals surface area contributed by atoms with Gasteiger partial charge in [-0.25, -0.2) is 0 Å². The van der Waals surface area contributed by atoms with Gasteiger partial charge in [-0.2, -0.15) is 0 Å². The van der Waals surface area contributed by atoms with E-state index in [4.69, 9.17) is 0 Å². The summed E-state index contributed by atoms with van der Waals surface area (Å²) in [5, 5.41) is 6.18. The lowest BCUT2D eigenvalue weighted by Gasteiger charge is -2.12. The second kappa shape index (κ2) is 4.36. The van der Waals surface area contributed by atoms with E-state index in [0.717, 1.165) is 13.1 Å². The Morgan fingerprint density at radius 1 is 1.19 bits per heavy atom. The highest BCUT2D eigenvalue weighted by Crippen LogP contribution is 2.68. The first-order chi connectivity index (χ1) is 7.25. The van der Waals surface area contributed by atoms with Crippen molar-refractivity contribution in [2.45, 2.75) is 34.6 Å². The molecule has 0 heterocycles. The van der Waals surface area contributed by atoms with Crippen LogP contribution in [0.15, 0.2) is 0 Å².